The smallest absolute Gasteiger partial charge is 0.119 e. The lowest BCUT2D eigenvalue weighted by atomic mass is 10.0. The van der Waals surface area contributed by atoms with E-state index in [-0.39, 0.29) is 0 Å². The molecule has 28 heavy (non-hydrogen) atoms. The predicted molar refractivity (Wildman–Crippen MR) is 118 cm³/mol. The highest BCUT2D eigenvalue weighted by Gasteiger charge is 2.02. The van der Waals surface area contributed by atoms with Crippen molar-refractivity contribution in [2.45, 2.75) is 39.5 Å². The third-order valence-corrected chi connectivity index (χ3v) is 4.79. The lowest BCUT2D eigenvalue weighted by Gasteiger charge is -2.09. The Kier molecular flexibility index (Phi) is 7.54. The molecule has 0 atom stereocenters. The Bertz CT molecular complexity index is 745. The first-order chi connectivity index (χ1) is 13.8. The summed E-state index contributed by atoms with van der Waals surface area (Å²) in [6, 6.07) is 25.4. The van der Waals surface area contributed by atoms with Gasteiger partial charge in [-0.25, -0.2) is 0 Å². The van der Waals surface area contributed by atoms with Gasteiger partial charge in [0.1, 0.15) is 11.5 Å². The monoisotopic (exact) mass is 374 g/mol. The molecule has 0 aliphatic carbocycles. The van der Waals surface area contributed by atoms with Crippen LogP contribution in [0, 0.1) is 0 Å². The lowest BCUT2D eigenvalue weighted by Crippen LogP contribution is -1.96. The summed E-state index contributed by atoms with van der Waals surface area (Å²) in [6.07, 6.45) is 4.49. The second-order valence-electron chi connectivity index (χ2n) is 7.03. The van der Waals surface area contributed by atoms with E-state index in [9.17, 15) is 0 Å². The van der Waals surface area contributed by atoms with Crippen molar-refractivity contribution in [2.75, 3.05) is 13.2 Å². The van der Waals surface area contributed by atoms with Crippen LogP contribution < -0.4 is 9.47 Å². The molecule has 0 saturated heterocycles. The fourth-order valence-corrected chi connectivity index (χ4v) is 3.01. The Labute approximate surface area is 169 Å². The number of hydrogen-bond acceptors (Lipinski definition) is 2. The van der Waals surface area contributed by atoms with Gasteiger partial charge in [-0.05, 0) is 59.4 Å². The molecular formula is C26H30O2. The van der Waals surface area contributed by atoms with Crippen LogP contribution in [0.15, 0.2) is 72.8 Å². The van der Waals surface area contributed by atoms with Crippen LogP contribution in [0.2, 0.25) is 0 Å². The van der Waals surface area contributed by atoms with Crippen molar-refractivity contribution < 1.29 is 9.47 Å². The van der Waals surface area contributed by atoms with Gasteiger partial charge in [0.2, 0.25) is 0 Å². The van der Waals surface area contributed by atoms with Crippen LogP contribution in [0.1, 0.15) is 39.5 Å². The Hall–Kier alpha value is -2.74. The molecule has 3 rings (SSSR count). The van der Waals surface area contributed by atoms with Crippen LogP contribution >= 0.6 is 0 Å². The first kappa shape index (κ1) is 20.0. The minimum absolute atomic E-state index is 0.785. The zero-order valence-corrected chi connectivity index (χ0v) is 17.0. The van der Waals surface area contributed by atoms with Gasteiger partial charge < -0.3 is 9.47 Å². The summed E-state index contributed by atoms with van der Waals surface area (Å²) >= 11 is 0. The van der Waals surface area contributed by atoms with Gasteiger partial charge >= 0.3 is 0 Å². The second-order valence-corrected chi connectivity index (χ2v) is 7.03. The summed E-state index contributed by atoms with van der Waals surface area (Å²) < 4.78 is 11.5. The molecule has 2 nitrogen and oxygen atoms in total. The summed E-state index contributed by atoms with van der Waals surface area (Å²) in [5.41, 5.74) is 4.83. The molecule has 2 heteroatoms. The van der Waals surface area contributed by atoms with E-state index in [0.29, 0.717) is 0 Å². The number of ether oxygens (including phenoxy) is 2. The molecule has 0 N–H and O–H groups in total. The van der Waals surface area contributed by atoms with Gasteiger partial charge in [-0.2, -0.15) is 0 Å². The van der Waals surface area contributed by atoms with E-state index < -0.39 is 0 Å². The molecule has 0 aliphatic rings. The third-order valence-electron chi connectivity index (χ3n) is 4.79. The summed E-state index contributed by atoms with van der Waals surface area (Å²) in [5, 5.41) is 0. The summed E-state index contributed by atoms with van der Waals surface area (Å²) in [7, 11) is 0. The first-order valence-corrected chi connectivity index (χ1v) is 10.4. The van der Waals surface area contributed by atoms with Crippen LogP contribution in [0.5, 0.6) is 11.5 Å². The van der Waals surface area contributed by atoms with Crippen LogP contribution in [-0.2, 0) is 0 Å². The van der Waals surface area contributed by atoms with Crippen LogP contribution in [0.3, 0.4) is 0 Å². The van der Waals surface area contributed by atoms with E-state index in [1.165, 1.54) is 22.3 Å². The molecule has 0 saturated carbocycles. The molecule has 0 aliphatic heterocycles. The van der Waals surface area contributed by atoms with Crippen molar-refractivity contribution in [3.05, 3.63) is 72.8 Å². The van der Waals surface area contributed by atoms with Gasteiger partial charge in [0, 0.05) is 0 Å². The maximum atomic E-state index is 5.74. The Balaban J connectivity index is 1.63. The highest BCUT2D eigenvalue weighted by molar-refractivity contribution is 5.71. The van der Waals surface area contributed by atoms with Crippen LogP contribution in [0.4, 0.5) is 0 Å². The van der Waals surface area contributed by atoms with Gasteiger partial charge in [0.25, 0.3) is 0 Å². The fourth-order valence-electron chi connectivity index (χ4n) is 3.01. The molecular weight excluding hydrogens is 344 g/mol. The number of rotatable bonds is 10. The van der Waals surface area contributed by atoms with E-state index in [1.807, 2.05) is 0 Å². The molecule has 0 unspecified atom stereocenters. The van der Waals surface area contributed by atoms with Gasteiger partial charge in [-0.1, -0.05) is 75.2 Å². The Morgan fingerprint density at radius 2 is 0.750 bits per heavy atom. The minimum atomic E-state index is 0.785. The molecule has 0 fully saturated rings. The number of benzene rings is 3. The van der Waals surface area contributed by atoms with Crippen molar-refractivity contribution in [1.29, 1.82) is 0 Å². The molecule has 0 heterocycles. The molecule has 0 bridgehead atoms. The molecule has 0 amide bonds. The van der Waals surface area contributed by atoms with E-state index in [1.54, 1.807) is 0 Å². The van der Waals surface area contributed by atoms with E-state index >= 15 is 0 Å². The van der Waals surface area contributed by atoms with Gasteiger partial charge in [0.05, 0.1) is 13.2 Å². The summed E-state index contributed by atoms with van der Waals surface area (Å²) in [6.45, 7) is 5.91. The third kappa shape index (κ3) is 5.63. The predicted octanol–water partition coefficient (Wildman–Crippen LogP) is 7.38. The molecule has 3 aromatic rings. The maximum absolute atomic E-state index is 5.74. The molecule has 0 spiro atoms. The maximum Gasteiger partial charge on any atom is 0.119 e. The fraction of sp³-hybridized carbons (Fsp3) is 0.308. The van der Waals surface area contributed by atoms with E-state index in [2.05, 4.69) is 86.6 Å². The van der Waals surface area contributed by atoms with Gasteiger partial charge in [-0.15, -0.1) is 0 Å². The molecule has 146 valence electrons. The minimum Gasteiger partial charge on any atom is -0.494 e. The van der Waals surface area contributed by atoms with Crippen LogP contribution in [0.25, 0.3) is 22.3 Å². The second kappa shape index (κ2) is 10.6. The highest BCUT2D eigenvalue weighted by Crippen LogP contribution is 2.27. The van der Waals surface area contributed by atoms with Crippen LogP contribution in [-0.4, -0.2) is 13.2 Å². The topological polar surface area (TPSA) is 18.5 Å². The highest BCUT2D eigenvalue weighted by atomic mass is 16.5. The van der Waals surface area contributed by atoms with E-state index in [4.69, 9.17) is 9.47 Å². The molecule has 0 aromatic heterocycles. The molecule has 3 aromatic carbocycles. The number of hydrogen-bond donors (Lipinski definition) is 0. The van der Waals surface area contributed by atoms with Crippen molar-refractivity contribution >= 4 is 0 Å². The lowest BCUT2D eigenvalue weighted by molar-refractivity contribution is 0.309. The number of unbranched alkanes of at least 4 members (excludes halogenated alkanes) is 2. The van der Waals surface area contributed by atoms with Gasteiger partial charge in [-0.3, -0.25) is 0 Å². The van der Waals surface area contributed by atoms with Crippen molar-refractivity contribution in [1.82, 2.24) is 0 Å². The quantitative estimate of drug-likeness (QED) is 0.345. The average Bonchev–Trinajstić information content (AvgIpc) is 2.75. The van der Waals surface area contributed by atoms with Crippen molar-refractivity contribution in [3.8, 4) is 33.8 Å². The first-order valence-electron chi connectivity index (χ1n) is 10.4. The largest absolute Gasteiger partial charge is 0.494 e. The van der Waals surface area contributed by atoms with Crippen molar-refractivity contribution in [3.63, 3.8) is 0 Å². The average molecular weight is 375 g/mol. The van der Waals surface area contributed by atoms with E-state index in [0.717, 1.165) is 50.4 Å². The van der Waals surface area contributed by atoms with Gasteiger partial charge in [0.15, 0.2) is 0 Å². The normalized spacial score (nSPS) is 10.6. The SMILES string of the molecule is CCCCOc1ccc(-c2ccc(-c3ccc(OCCCC)cc3)cc2)cc1. The Morgan fingerprint density at radius 1 is 0.464 bits per heavy atom. The van der Waals surface area contributed by atoms with Crippen molar-refractivity contribution in [2.24, 2.45) is 0 Å². The summed E-state index contributed by atoms with van der Waals surface area (Å²) in [4.78, 5) is 0. The Morgan fingerprint density at radius 3 is 1.04 bits per heavy atom. The standard InChI is InChI=1S/C26H30O2/c1-3-5-19-27-25-15-11-23(12-16-25)21-7-9-22(10-8-21)24-13-17-26(18-14-24)28-20-6-4-2/h7-18H,3-6,19-20H2,1-2H3. The summed E-state index contributed by atoms with van der Waals surface area (Å²) in [5.74, 6) is 1.88. The molecule has 0 radical (unpaired) electrons. The zero-order valence-electron chi connectivity index (χ0n) is 17.0. The zero-order chi connectivity index (χ0) is 19.6.